The van der Waals surface area contributed by atoms with Gasteiger partial charge in [0.2, 0.25) is 0 Å². The molecule has 0 bridgehead atoms. The van der Waals surface area contributed by atoms with Gasteiger partial charge in [0.1, 0.15) is 0 Å². The molecule has 0 radical (unpaired) electrons. The van der Waals surface area contributed by atoms with E-state index in [4.69, 9.17) is 11.6 Å². The number of nitrogens with one attached hydrogen (secondary N) is 1. The number of halogens is 1. The summed E-state index contributed by atoms with van der Waals surface area (Å²) < 4.78 is 0. The molecule has 1 aromatic rings. The molecule has 0 saturated carbocycles. The highest BCUT2D eigenvalue weighted by Crippen LogP contribution is 2.22. The van der Waals surface area contributed by atoms with Crippen LogP contribution < -0.4 is 5.32 Å². The summed E-state index contributed by atoms with van der Waals surface area (Å²) in [6.07, 6.45) is 1.14. The van der Waals surface area contributed by atoms with Crippen molar-refractivity contribution in [1.29, 1.82) is 0 Å². The zero-order valence-electron chi connectivity index (χ0n) is 7.15. The van der Waals surface area contributed by atoms with Gasteiger partial charge >= 0.3 is 0 Å². The third-order valence-electron chi connectivity index (χ3n) is 2.40. The first kappa shape index (κ1) is 8.09. The summed E-state index contributed by atoms with van der Waals surface area (Å²) in [6.45, 7) is 4.20. The van der Waals surface area contributed by atoms with Crippen LogP contribution in [0.3, 0.4) is 0 Å². The second-order valence-electron chi connectivity index (χ2n) is 3.29. The van der Waals surface area contributed by atoms with E-state index in [0.717, 1.165) is 24.5 Å². The van der Waals surface area contributed by atoms with Crippen molar-refractivity contribution in [1.82, 2.24) is 5.32 Å². The lowest BCUT2D eigenvalue weighted by Gasteiger charge is -2.19. The number of fused-ring (bicyclic) bond motifs is 1. The summed E-state index contributed by atoms with van der Waals surface area (Å²) in [5.74, 6) is 0. The first-order valence-electron chi connectivity index (χ1n) is 4.26. The molecule has 0 aliphatic carbocycles. The highest BCUT2D eigenvalue weighted by molar-refractivity contribution is 6.30. The third kappa shape index (κ3) is 1.35. The zero-order chi connectivity index (χ0) is 8.55. The Morgan fingerprint density at radius 1 is 1.42 bits per heavy atom. The average Bonchev–Trinajstić information content (AvgIpc) is 2.04. The topological polar surface area (TPSA) is 12.0 Å². The van der Waals surface area contributed by atoms with Gasteiger partial charge in [-0.1, -0.05) is 11.6 Å². The van der Waals surface area contributed by atoms with Gasteiger partial charge in [0.15, 0.2) is 0 Å². The van der Waals surface area contributed by atoms with Gasteiger partial charge in [0.25, 0.3) is 0 Å². The van der Waals surface area contributed by atoms with Crippen LogP contribution in [0.1, 0.15) is 16.7 Å². The first-order valence-corrected chi connectivity index (χ1v) is 4.64. The maximum absolute atomic E-state index is 5.95. The van der Waals surface area contributed by atoms with Crippen molar-refractivity contribution in [3.8, 4) is 0 Å². The molecule has 1 aromatic carbocycles. The van der Waals surface area contributed by atoms with E-state index in [-0.39, 0.29) is 0 Å². The number of rotatable bonds is 0. The molecule has 1 aliphatic rings. The van der Waals surface area contributed by atoms with Crippen LogP contribution in [-0.4, -0.2) is 6.54 Å². The maximum atomic E-state index is 5.95. The second kappa shape index (κ2) is 3.08. The van der Waals surface area contributed by atoms with Gasteiger partial charge in [0, 0.05) is 11.6 Å². The van der Waals surface area contributed by atoms with Crippen LogP contribution in [0, 0.1) is 6.92 Å². The Kier molecular flexibility index (Phi) is 2.07. The smallest absolute Gasteiger partial charge is 0.0412 e. The summed E-state index contributed by atoms with van der Waals surface area (Å²) in [5, 5.41) is 4.19. The minimum atomic E-state index is 0.856. The Morgan fingerprint density at radius 3 is 3.08 bits per heavy atom. The minimum Gasteiger partial charge on any atom is -0.312 e. The third-order valence-corrected chi connectivity index (χ3v) is 2.62. The van der Waals surface area contributed by atoms with Crippen LogP contribution >= 0.6 is 11.6 Å². The largest absolute Gasteiger partial charge is 0.312 e. The van der Waals surface area contributed by atoms with Crippen molar-refractivity contribution in [3.05, 3.63) is 33.8 Å². The molecule has 1 N–H and O–H groups in total. The lowest BCUT2D eigenvalue weighted by molar-refractivity contribution is 0.641. The quantitative estimate of drug-likeness (QED) is 0.648. The molecule has 0 spiro atoms. The number of hydrogen-bond donors (Lipinski definition) is 1. The SMILES string of the molecule is Cc1cc(Cl)cc2c1CCNC2. The van der Waals surface area contributed by atoms with Crippen molar-refractivity contribution in [2.45, 2.75) is 19.9 Å². The molecular formula is C10H12ClN. The van der Waals surface area contributed by atoms with Gasteiger partial charge in [-0.25, -0.2) is 0 Å². The van der Waals surface area contributed by atoms with Gasteiger partial charge in [0.05, 0.1) is 0 Å². The molecule has 0 fully saturated rings. The molecule has 0 atom stereocenters. The Bertz CT molecular complexity index is 307. The molecule has 2 rings (SSSR count). The van der Waals surface area contributed by atoms with Gasteiger partial charge in [-0.2, -0.15) is 0 Å². The molecule has 1 aliphatic heterocycles. The molecule has 0 saturated heterocycles. The molecule has 0 unspecified atom stereocenters. The monoisotopic (exact) mass is 181 g/mol. The average molecular weight is 182 g/mol. The summed E-state index contributed by atoms with van der Waals surface area (Å²) in [7, 11) is 0. The summed E-state index contributed by atoms with van der Waals surface area (Å²) in [5.41, 5.74) is 4.18. The highest BCUT2D eigenvalue weighted by atomic mass is 35.5. The lowest BCUT2D eigenvalue weighted by atomic mass is 9.96. The Labute approximate surface area is 77.7 Å². The highest BCUT2D eigenvalue weighted by Gasteiger charge is 2.10. The van der Waals surface area contributed by atoms with E-state index in [0.29, 0.717) is 0 Å². The fourth-order valence-electron chi connectivity index (χ4n) is 1.79. The van der Waals surface area contributed by atoms with Crippen molar-refractivity contribution in [2.75, 3.05) is 6.54 Å². The lowest BCUT2D eigenvalue weighted by Crippen LogP contribution is -2.24. The van der Waals surface area contributed by atoms with Crippen LogP contribution in [0.2, 0.25) is 5.02 Å². The van der Waals surface area contributed by atoms with Crippen LogP contribution in [0.5, 0.6) is 0 Å². The van der Waals surface area contributed by atoms with Crippen molar-refractivity contribution < 1.29 is 0 Å². The van der Waals surface area contributed by atoms with Crippen LogP contribution in [0.25, 0.3) is 0 Å². The van der Waals surface area contributed by atoms with Crippen molar-refractivity contribution >= 4 is 11.6 Å². The van der Waals surface area contributed by atoms with Gasteiger partial charge < -0.3 is 5.32 Å². The Morgan fingerprint density at radius 2 is 2.25 bits per heavy atom. The summed E-state index contributed by atoms with van der Waals surface area (Å²) in [4.78, 5) is 0. The van der Waals surface area contributed by atoms with E-state index >= 15 is 0 Å². The fourth-order valence-corrected chi connectivity index (χ4v) is 2.09. The molecule has 64 valence electrons. The summed E-state index contributed by atoms with van der Waals surface area (Å²) >= 11 is 5.95. The van der Waals surface area contributed by atoms with E-state index in [2.05, 4.69) is 18.3 Å². The Hall–Kier alpha value is -0.530. The minimum absolute atomic E-state index is 0.856. The standard InChI is InChI=1S/C10H12ClN/c1-7-4-9(11)5-8-6-12-3-2-10(7)8/h4-5,12H,2-3,6H2,1H3. The van der Waals surface area contributed by atoms with Crippen molar-refractivity contribution in [2.24, 2.45) is 0 Å². The van der Waals surface area contributed by atoms with E-state index in [1.807, 2.05) is 6.07 Å². The fraction of sp³-hybridized carbons (Fsp3) is 0.400. The Balaban J connectivity index is 2.53. The number of benzene rings is 1. The van der Waals surface area contributed by atoms with Crippen molar-refractivity contribution in [3.63, 3.8) is 0 Å². The van der Waals surface area contributed by atoms with E-state index < -0.39 is 0 Å². The second-order valence-corrected chi connectivity index (χ2v) is 3.72. The first-order chi connectivity index (χ1) is 5.77. The van der Waals surface area contributed by atoms with Gasteiger partial charge in [-0.05, 0) is 48.7 Å². The maximum Gasteiger partial charge on any atom is 0.0412 e. The van der Waals surface area contributed by atoms with E-state index in [9.17, 15) is 0 Å². The predicted molar refractivity (Wildman–Crippen MR) is 51.6 cm³/mol. The number of hydrogen-bond acceptors (Lipinski definition) is 1. The molecule has 1 nitrogen and oxygen atoms in total. The zero-order valence-corrected chi connectivity index (χ0v) is 7.91. The van der Waals surface area contributed by atoms with Crippen LogP contribution in [0.4, 0.5) is 0 Å². The van der Waals surface area contributed by atoms with E-state index in [1.54, 1.807) is 0 Å². The molecule has 0 amide bonds. The number of aryl methyl sites for hydroxylation is 1. The molecule has 0 aromatic heterocycles. The normalized spacial score (nSPS) is 15.8. The van der Waals surface area contributed by atoms with Crippen LogP contribution in [0.15, 0.2) is 12.1 Å². The molecular weight excluding hydrogens is 170 g/mol. The van der Waals surface area contributed by atoms with Crippen LogP contribution in [-0.2, 0) is 13.0 Å². The summed E-state index contributed by atoms with van der Waals surface area (Å²) in [6, 6.07) is 4.11. The van der Waals surface area contributed by atoms with Gasteiger partial charge in [-0.3, -0.25) is 0 Å². The predicted octanol–water partition coefficient (Wildman–Crippen LogP) is 2.29. The molecule has 2 heteroatoms. The molecule has 12 heavy (non-hydrogen) atoms. The molecule has 1 heterocycles. The van der Waals surface area contributed by atoms with E-state index in [1.165, 1.54) is 16.7 Å². The van der Waals surface area contributed by atoms with Gasteiger partial charge in [-0.15, -0.1) is 0 Å².